The van der Waals surface area contributed by atoms with Gasteiger partial charge in [0.05, 0.1) is 12.5 Å². The Kier molecular flexibility index (Phi) is 3.85. The van der Waals surface area contributed by atoms with E-state index >= 15 is 0 Å². The Balaban J connectivity index is 2.30. The van der Waals surface area contributed by atoms with Gasteiger partial charge in [0.15, 0.2) is 0 Å². The number of carboxylic acid groups (broad SMARTS) is 1. The van der Waals surface area contributed by atoms with Gasteiger partial charge in [-0.2, -0.15) is 0 Å². The maximum Gasteiger partial charge on any atom is 0.304 e. The van der Waals surface area contributed by atoms with Gasteiger partial charge in [-0.05, 0) is 18.1 Å². The molecular weight excluding hydrogens is 244 g/mol. The normalized spacial score (nSPS) is 19.1. The van der Waals surface area contributed by atoms with Crippen LogP contribution in [0.3, 0.4) is 0 Å². The Morgan fingerprint density at radius 3 is 2.79 bits per heavy atom. The third-order valence-corrected chi connectivity index (χ3v) is 3.51. The summed E-state index contributed by atoms with van der Waals surface area (Å²) in [5.74, 6) is -1.14. The first kappa shape index (κ1) is 13.5. The lowest BCUT2D eigenvalue weighted by molar-refractivity contribution is -0.137. The predicted octanol–water partition coefficient (Wildman–Crippen LogP) is 1.33. The number of fused-ring (bicyclic) bond motifs is 1. The molecule has 1 amide bonds. The quantitative estimate of drug-likeness (QED) is 0.857. The summed E-state index contributed by atoms with van der Waals surface area (Å²) in [5.41, 5.74) is 7.50. The standard InChI is InChI=1S/C14H18N2O3/c1-2-11(15)14(19)16-8-9(7-13(17)18)10-5-3-4-6-12(10)16/h3-6,9,11H,2,7-8,15H2,1H3,(H,17,18)/t9?,11-/m0/s1. The highest BCUT2D eigenvalue weighted by Gasteiger charge is 2.34. The zero-order valence-electron chi connectivity index (χ0n) is 10.9. The Morgan fingerprint density at radius 1 is 1.47 bits per heavy atom. The summed E-state index contributed by atoms with van der Waals surface area (Å²) < 4.78 is 0. The molecule has 0 bridgehead atoms. The second-order valence-electron chi connectivity index (χ2n) is 4.82. The van der Waals surface area contributed by atoms with Crippen LogP contribution in [0.1, 0.15) is 31.2 Å². The highest BCUT2D eigenvalue weighted by Crippen LogP contribution is 2.38. The minimum atomic E-state index is -0.853. The molecule has 1 heterocycles. The van der Waals surface area contributed by atoms with Crippen molar-refractivity contribution in [3.63, 3.8) is 0 Å². The maximum absolute atomic E-state index is 12.2. The van der Waals surface area contributed by atoms with Crippen LogP contribution in [-0.4, -0.2) is 29.6 Å². The van der Waals surface area contributed by atoms with Crippen molar-refractivity contribution in [3.8, 4) is 0 Å². The molecule has 0 radical (unpaired) electrons. The largest absolute Gasteiger partial charge is 0.481 e. The lowest BCUT2D eigenvalue weighted by Gasteiger charge is -2.21. The van der Waals surface area contributed by atoms with Gasteiger partial charge in [-0.1, -0.05) is 25.1 Å². The molecule has 0 aliphatic carbocycles. The van der Waals surface area contributed by atoms with E-state index < -0.39 is 12.0 Å². The summed E-state index contributed by atoms with van der Waals surface area (Å²) in [6.07, 6.45) is 0.600. The van der Waals surface area contributed by atoms with Crippen LogP contribution in [0.25, 0.3) is 0 Å². The van der Waals surface area contributed by atoms with Crippen LogP contribution >= 0.6 is 0 Å². The van der Waals surface area contributed by atoms with E-state index in [4.69, 9.17) is 10.8 Å². The zero-order chi connectivity index (χ0) is 14.0. The fourth-order valence-corrected chi connectivity index (χ4v) is 2.46. The molecule has 0 saturated heterocycles. The molecule has 19 heavy (non-hydrogen) atoms. The van der Waals surface area contributed by atoms with E-state index in [1.54, 1.807) is 4.90 Å². The minimum absolute atomic E-state index is 0.0299. The van der Waals surface area contributed by atoms with E-state index in [0.717, 1.165) is 11.3 Å². The van der Waals surface area contributed by atoms with Crippen molar-refractivity contribution in [3.05, 3.63) is 29.8 Å². The molecule has 1 aliphatic rings. The molecule has 1 aromatic carbocycles. The van der Waals surface area contributed by atoms with Crippen molar-refractivity contribution >= 4 is 17.6 Å². The van der Waals surface area contributed by atoms with Gasteiger partial charge in [-0.3, -0.25) is 9.59 Å². The van der Waals surface area contributed by atoms with E-state index in [-0.39, 0.29) is 18.2 Å². The fourth-order valence-electron chi connectivity index (χ4n) is 2.46. The first-order valence-electron chi connectivity index (χ1n) is 6.42. The molecule has 3 N–H and O–H groups in total. The fraction of sp³-hybridized carbons (Fsp3) is 0.429. The summed E-state index contributed by atoms with van der Waals surface area (Å²) in [6, 6.07) is 6.91. The third-order valence-electron chi connectivity index (χ3n) is 3.51. The van der Waals surface area contributed by atoms with Gasteiger partial charge < -0.3 is 15.7 Å². The smallest absolute Gasteiger partial charge is 0.304 e. The molecule has 5 nitrogen and oxygen atoms in total. The second kappa shape index (κ2) is 5.40. The average Bonchev–Trinajstić information content (AvgIpc) is 2.75. The van der Waals surface area contributed by atoms with Gasteiger partial charge >= 0.3 is 5.97 Å². The monoisotopic (exact) mass is 262 g/mol. The number of para-hydroxylation sites is 1. The Bertz CT molecular complexity index is 501. The van der Waals surface area contributed by atoms with Crippen LogP contribution in [0.15, 0.2) is 24.3 Å². The molecule has 5 heteroatoms. The SMILES string of the molecule is CC[C@H](N)C(=O)N1CC(CC(=O)O)c2ccccc21. The molecular formula is C14H18N2O3. The number of hydrogen-bond donors (Lipinski definition) is 2. The topological polar surface area (TPSA) is 83.6 Å². The number of benzene rings is 1. The van der Waals surface area contributed by atoms with Crippen molar-refractivity contribution in [2.24, 2.45) is 5.73 Å². The van der Waals surface area contributed by atoms with Crippen molar-refractivity contribution in [1.29, 1.82) is 0 Å². The number of anilines is 1. The Labute approximate surface area is 112 Å². The van der Waals surface area contributed by atoms with Crippen LogP contribution in [0.2, 0.25) is 0 Å². The molecule has 0 saturated carbocycles. The molecule has 0 spiro atoms. The number of aliphatic carboxylic acids is 1. The van der Waals surface area contributed by atoms with Crippen LogP contribution in [0, 0.1) is 0 Å². The highest BCUT2D eigenvalue weighted by molar-refractivity contribution is 5.99. The van der Waals surface area contributed by atoms with Crippen molar-refractivity contribution < 1.29 is 14.7 Å². The summed E-state index contributed by atoms with van der Waals surface area (Å²) >= 11 is 0. The molecule has 102 valence electrons. The van der Waals surface area contributed by atoms with Crippen molar-refractivity contribution in [2.45, 2.75) is 31.7 Å². The first-order valence-corrected chi connectivity index (χ1v) is 6.42. The van der Waals surface area contributed by atoms with Gasteiger partial charge in [0.25, 0.3) is 0 Å². The van der Waals surface area contributed by atoms with Crippen LogP contribution in [0.5, 0.6) is 0 Å². The molecule has 1 aliphatic heterocycles. The summed E-state index contributed by atoms with van der Waals surface area (Å²) in [7, 11) is 0. The van der Waals surface area contributed by atoms with Gasteiger partial charge in [0.2, 0.25) is 5.91 Å². The van der Waals surface area contributed by atoms with E-state index in [9.17, 15) is 9.59 Å². The maximum atomic E-state index is 12.2. The summed E-state index contributed by atoms with van der Waals surface area (Å²) in [5, 5.41) is 8.95. The summed E-state index contributed by atoms with van der Waals surface area (Å²) in [4.78, 5) is 24.7. The van der Waals surface area contributed by atoms with Gasteiger partial charge in [0, 0.05) is 18.2 Å². The number of carboxylic acids is 1. The number of nitrogens with two attached hydrogens (primary N) is 1. The number of carbonyl (C=O) groups is 2. The lowest BCUT2D eigenvalue weighted by atomic mass is 9.98. The third kappa shape index (κ3) is 2.61. The Morgan fingerprint density at radius 2 is 2.16 bits per heavy atom. The number of amides is 1. The highest BCUT2D eigenvalue weighted by atomic mass is 16.4. The number of carbonyl (C=O) groups excluding carboxylic acids is 1. The number of hydrogen-bond acceptors (Lipinski definition) is 3. The Hall–Kier alpha value is -1.88. The number of nitrogens with zero attached hydrogens (tertiary/aromatic N) is 1. The van der Waals surface area contributed by atoms with Crippen LogP contribution in [-0.2, 0) is 9.59 Å². The summed E-state index contributed by atoms with van der Waals surface area (Å²) in [6.45, 7) is 2.26. The zero-order valence-corrected chi connectivity index (χ0v) is 10.9. The molecule has 1 unspecified atom stereocenters. The van der Waals surface area contributed by atoms with E-state index in [0.29, 0.717) is 13.0 Å². The van der Waals surface area contributed by atoms with E-state index in [1.807, 2.05) is 31.2 Å². The molecule has 1 aromatic rings. The van der Waals surface area contributed by atoms with Crippen molar-refractivity contribution in [1.82, 2.24) is 0 Å². The second-order valence-corrected chi connectivity index (χ2v) is 4.82. The molecule has 0 fully saturated rings. The lowest BCUT2D eigenvalue weighted by Crippen LogP contribution is -2.43. The van der Waals surface area contributed by atoms with Gasteiger partial charge in [0.1, 0.15) is 0 Å². The average molecular weight is 262 g/mol. The van der Waals surface area contributed by atoms with Crippen LogP contribution in [0.4, 0.5) is 5.69 Å². The van der Waals surface area contributed by atoms with Gasteiger partial charge in [-0.15, -0.1) is 0 Å². The molecule has 0 aromatic heterocycles. The van der Waals surface area contributed by atoms with Crippen molar-refractivity contribution in [2.75, 3.05) is 11.4 Å². The first-order chi connectivity index (χ1) is 9.04. The minimum Gasteiger partial charge on any atom is -0.481 e. The predicted molar refractivity (Wildman–Crippen MR) is 72.1 cm³/mol. The molecule has 2 rings (SSSR count). The number of rotatable bonds is 4. The van der Waals surface area contributed by atoms with E-state index in [1.165, 1.54) is 0 Å². The molecule has 2 atom stereocenters. The van der Waals surface area contributed by atoms with E-state index in [2.05, 4.69) is 0 Å². The van der Waals surface area contributed by atoms with Crippen LogP contribution < -0.4 is 10.6 Å². The van der Waals surface area contributed by atoms with Gasteiger partial charge in [-0.25, -0.2) is 0 Å².